The SMILES string of the molecule is O=C(O)NC1CCc2cc3c(O)cc(Cl)c(Cl)c3n2C1. The van der Waals surface area contributed by atoms with Crippen LogP contribution in [0, 0.1) is 0 Å². The van der Waals surface area contributed by atoms with E-state index in [2.05, 4.69) is 5.32 Å². The predicted molar refractivity (Wildman–Crippen MR) is 76.9 cm³/mol. The Labute approximate surface area is 124 Å². The third-order valence-electron chi connectivity index (χ3n) is 3.62. The molecule has 1 aromatic heterocycles. The molecule has 0 saturated heterocycles. The second-order valence-corrected chi connectivity index (χ2v) is 5.67. The number of rotatable bonds is 1. The van der Waals surface area contributed by atoms with Gasteiger partial charge in [0, 0.05) is 23.7 Å². The summed E-state index contributed by atoms with van der Waals surface area (Å²) < 4.78 is 1.92. The van der Waals surface area contributed by atoms with Gasteiger partial charge in [-0.3, -0.25) is 0 Å². The number of nitrogens with one attached hydrogen (secondary N) is 1. The Morgan fingerprint density at radius 2 is 2.15 bits per heavy atom. The molecule has 1 aliphatic heterocycles. The lowest BCUT2D eigenvalue weighted by molar-refractivity contribution is 0.186. The van der Waals surface area contributed by atoms with Crippen molar-refractivity contribution in [2.45, 2.75) is 25.4 Å². The van der Waals surface area contributed by atoms with Gasteiger partial charge in [0.1, 0.15) is 5.75 Å². The van der Waals surface area contributed by atoms with E-state index < -0.39 is 6.09 Å². The van der Waals surface area contributed by atoms with Gasteiger partial charge in [0.15, 0.2) is 0 Å². The van der Waals surface area contributed by atoms with E-state index in [1.165, 1.54) is 6.07 Å². The lowest BCUT2D eigenvalue weighted by Gasteiger charge is -2.25. The molecule has 2 heterocycles. The molecule has 3 rings (SSSR count). The Balaban J connectivity index is 2.13. The van der Waals surface area contributed by atoms with E-state index in [-0.39, 0.29) is 16.8 Å². The first-order chi connectivity index (χ1) is 9.47. The molecular weight excluding hydrogens is 303 g/mol. The fraction of sp³-hybridized carbons (Fsp3) is 0.308. The zero-order valence-corrected chi connectivity index (χ0v) is 11.9. The minimum absolute atomic E-state index is 0.0824. The molecule has 1 atom stereocenters. The largest absolute Gasteiger partial charge is 0.507 e. The molecule has 1 amide bonds. The Kier molecular flexibility index (Phi) is 3.18. The average molecular weight is 315 g/mol. The maximum absolute atomic E-state index is 10.7. The number of fused-ring (bicyclic) bond motifs is 3. The molecule has 1 aliphatic rings. The van der Waals surface area contributed by atoms with Gasteiger partial charge >= 0.3 is 6.09 Å². The summed E-state index contributed by atoms with van der Waals surface area (Å²) in [4.78, 5) is 10.7. The van der Waals surface area contributed by atoms with Crippen molar-refractivity contribution < 1.29 is 15.0 Å². The highest BCUT2D eigenvalue weighted by Crippen LogP contribution is 2.40. The summed E-state index contributed by atoms with van der Waals surface area (Å²) in [5.41, 5.74) is 1.67. The number of aromatic hydroxyl groups is 1. The smallest absolute Gasteiger partial charge is 0.404 e. The highest BCUT2D eigenvalue weighted by atomic mass is 35.5. The molecule has 7 heteroatoms. The topological polar surface area (TPSA) is 74.5 Å². The minimum atomic E-state index is -1.04. The van der Waals surface area contributed by atoms with Crippen molar-refractivity contribution in [3.8, 4) is 5.75 Å². The van der Waals surface area contributed by atoms with Crippen molar-refractivity contribution >= 4 is 40.2 Å². The first-order valence-corrected chi connectivity index (χ1v) is 6.91. The number of phenols is 1. The normalized spacial score (nSPS) is 18.0. The highest BCUT2D eigenvalue weighted by molar-refractivity contribution is 6.45. The van der Waals surface area contributed by atoms with Crippen LogP contribution < -0.4 is 5.32 Å². The van der Waals surface area contributed by atoms with Crippen molar-refractivity contribution in [1.82, 2.24) is 9.88 Å². The lowest BCUT2D eigenvalue weighted by atomic mass is 10.1. The monoisotopic (exact) mass is 314 g/mol. The van der Waals surface area contributed by atoms with E-state index in [4.69, 9.17) is 28.3 Å². The second kappa shape index (κ2) is 4.75. The Morgan fingerprint density at radius 1 is 1.40 bits per heavy atom. The molecule has 5 nitrogen and oxygen atoms in total. The number of aromatic nitrogens is 1. The van der Waals surface area contributed by atoms with Gasteiger partial charge in [-0.05, 0) is 18.9 Å². The van der Waals surface area contributed by atoms with E-state index in [1.807, 2.05) is 10.6 Å². The van der Waals surface area contributed by atoms with Crippen LogP contribution in [-0.4, -0.2) is 26.9 Å². The van der Waals surface area contributed by atoms with Gasteiger partial charge in [0.05, 0.1) is 21.6 Å². The molecule has 0 radical (unpaired) electrons. The number of phenolic OH excluding ortho intramolecular Hbond substituents is 1. The third-order valence-corrected chi connectivity index (χ3v) is 4.40. The van der Waals surface area contributed by atoms with E-state index >= 15 is 0 Å². The zero-order chi connectivity index (χ0) is 14.4. The summed E-state index contributed by atoms with van der Waals surface area (Å²) in [5, 5.41) is 22.6. The number of halogens is 2. The number of benzene rings is 1. The molecule has 20 heavy (non-hydrogen) atoms. The Hall–Kier alpha value is -1.59. The Morgan fingerprint density at radius 3 is 2.85 bits per heavy atom. The minimum Gasteiger partial charge on any atom is -0.507 e. The summed E-state index contributed by atoms with van der Waals surface area (Å²) in [6.45, 7) is 0.477. The molecule has 0 aliphatic carbocycles. The second-order valence-electron chi connectivity index (χ2n) is 4.89. The van der Waals surface area contributed by atoms with Gasteiger partial charge in [-0.25, -0.2) is 4.79 Å². The van der Waals surface area contributed by atoms with E-state index in [9.17, 15) is 9.90 Å². The van der Waals surface area contributed by atoms with Crippen LogP contribution in [0.4, 0.5) is 4.79 Å². The number of carboxylic acid groups (broad SMARTS) is 1. The standard InChI is InChI=1S/C13H12Cl2N2O3/c14-9-4-10(18)8-3-7-2-1-6(16-13(19)20)5-17(7)12(8)11(9)15/h3-4,6,16,18H,1-2,5H2,(H,19,20). The van der Waals surface area contributed by atoms with Crippen LogP contribution in [0.15, 0.2) is 12.1 Å². The van der Waals surface area contributed by atoms with Crippen LogP contribution in [0.5, 0.6) is 5.75 Å². The van der Waals surface area contributed by atoms with E-state index in [0.717, 1.165) is 5.69 Å². The lowest BCUT2D eigenvalue weighted by Crippen LogP contribution is -2.40. The molecule has 2 aromatic rings. The van der Waals surface area contributed by atoms with Crippen LogP contribution in [0.3, 0.4) is 0 Å². The first kappa shape index (κ1) is 13.4. The number of hydrogen-bond acceptors (Lipinski definition) is 2. The molecule has 1 aromatic carbocycles. The number of amides is 1. The van der Waals surface area contributed by atoms with Crippen molar-refractivity contribution in [2.24, 2.45) is 0 Å². The van der Waals surface area contributed by atoms with Gasteiger partial charge in [-0.1, -0.05) is 23.2 Å². The van der Waals surface area contributed by atoms with Crippen molar-refractivity contribution in [2.75, 3.05) is 0 Å². The van der Waals surface area contributed by atoms with Gasteiger partial charge in [-0.15, -0.1) is 0 Å². The summed E-state index contributed by atoms with van der Waals surface area (Å²) >= 11 is 12.2. The molecule has 0 spiro atoms. The fourth-order valence-electron chi connectivity index (χ4n) is 2.75. The first-order valence-electron chi connectivity index (χ1n) is 6.16. The molecular formula is C13H12Cl2N2O3. The van der Waals surface area contributed by atoms with Crippen LogP contribution in [-0.2, 0) is 13.0 Å². The van der Waals surface area contributed by atoms with Gasteiger partial charge in [0.25, 0.3) is 0 Å². The molecule has 1 unspecified atom stereocenters. The van der Waals surface area contributed by atoms with Crippen LogP contribution in [0.1, 0.15) is 12.1 Å². The van der Waals surface area contributed by atoms with Crippen LogP contribution in [0.25, 0.3) is 10.9 Å². The van der Waals surface area contributed by atoms with Crippen LogP contribution in [0.2, 0.25) is 10.0 Å². The molecule has 3 N–H and O–H groups in total. The summed E-state index contributed by atoms with van der Waals surface area (Å²) in [5.74, 6) is 0.0824. The maximum Gasteiger partial charge on any atom is 0.404 e. The van der Waals surface area contributed by atoms with E-state index in [0.29, 0.717) is 35.3 Å². The molecule has 0 saturated carbocycles. The summed E-state index contributed by atoms with van der Waals surface area (Å²) in [7, 11) is 0. The quantitative estimate of drug-likeness (QED) is 0.756. The average Bonchev–Trinajstić information content (AvgIpc) is 2.74. The molecule has 0 bridgehead atoms. The zero-order valence-electron chi connectivity index (χ0n) is 10.4. The molecule has 0 fully saturated rings. The van der Waals surface area contributed by atoms with Gasteiger partial charge < -0.3 is 20.1 Å². The van der Waals surface area contributed by atoms with Crippen molar-refractivity contribution in [1.29, 1.82) is 0 Å². The van der Waals surface area contributed by atoms with Crippen molar-refractivity contribution in [3.63, 3.8) is 0 Å². The maximum atomic E-state index is 10.7. The van der Waals surface area contributed by atoms with E-state index in [1.54, 1.807) is 0 Å². The number of aryl methyl sites for hydroxylation is 1. The van der Waals surface area contributed by atoms with Gasteiger partial charge in [0.2, 0.25) is 0 Å². The summed E-state index contributed by atoms with van der Waals surface area (Å²) in [6, 6.07) is 3.13. The predicted octanol–water partition coefficient (Wildman–Crippen LogP) is 3.24. The number of carbonyl (C=O) groups is 1. The fourth-order valence-corrected chi connectivity index (χ4v) is 3.20. The Bertz CT molecular complexity index is 711. The molecule has 106 valence electrons. The highest BCUT2D eigenvalue weighted by Gasteiger charge is 2.24. The summed E-state index contributed by atoms with van der Waals surface area (Å²) in [6.07, 6.45) is 0.392. The number of hydrogen-bond donors (Lipinski definition) is 3. The van der Waals surface area contributed by atoms with Gasteiger partial charge in [-0.2, -0.15) is 0 Å². The van der Waals surface area contributed by atoms with Crippen LogP contribution >= 0.6 is 23.2 Å². The number of nitrogens with zero attached hydrogens (tertiary/aromatic N) is 1. The third kappa shape index (κ3) is 2.07. The van der Waals surface area contributed by atoms with Crippen molar-refractivity contribution in [3.05, 3.63) is 27.9 Å².